The highest BCUT2D eigenvalue weighted by molar-refractivity contribution is 7.09. The Labute approximate surface area is 214 Å². The number of H-pyrrole nitrogens is 1. The lowest BCUT2D eigenvalue weighted by molar-refractivity contribution is 0.163. The third-order valence-corrected chi connectivity index (χ3v) is 7.57. The SMILES string of the molecule is CC[C@@H](c1nnnn1Cc1ccccc1)N(Cc1cccs1)Cc1cc2cc(C)c(C)cc2[nH]c1=O. The summed E-state index contributed by atoms with van der Waals surface area (Å²) in [6, 6.07) is 20.6. The molecule has 0 spiro atoms. The molecule has 1 N–H and O–H groups in total. The van der Waals surface area contributed by atoms with Gasteiger partial charge in [-0.2, -0.15) is 0 Å². The van der Waals surface area contributed by atoms with Gasteiger partial charge >= 0.3 is 0 Å². The molecule has 0 amide bonds. The van der Waals surface area contributed by atoms with Crippen molar-refractivity contribution in [2.24, 2.45) is 0 Å². The van der Waals surface area contributed by atoms with Crippen molar-refractivity contribution in [2.45, 2.75) is 52.9 Å². The number of benzene rings is 2. The van der Waals surface area contributed by atoms with Crippen molar-refractivity contribution in [3.63, 3.8) is 0 Å². The minimum absolute atomic E-state index is 0.0549. The maximum atomic E-state index is 13.1. The van der Waals surface area contributed by atoms with Crippen LogP contribution in [-0.2, 0) is 19.6 Å². The maximum absolute atomic E-state index is 13.1. The quantitative estimate of drug-likeness (QED) is 0.295. The van der Waals surface area contributed by atoms with Crippen LogP contribution in [0.5, 0.6) is 0 Å². The predicted octanol–water partition coefficient (Wildman–Crippen LogP) is 5.39. The van der Waals surface area contributed by atoms with Gasteiger partial charge in [-0.3, -0.25) is 9.69 Å². The normalized spacial score (nSPS) is 12.4. The molecule has 36 heavy (non-hydrogen) atoms. The number of tetrazole rings is 1. The fourth-order valence-corrected chi connectivity index (χ4v) is 5.39. The average Bonchev–Trinajstić information content (AvgIpc) is 3.55. The van der Waals surface area contributed by atoms with E-state index < -0.39 is 0 Å². The van der Waals surface area contributed by atoms with Crippen molar-refractivity contribution in [1.82, 2.24) is 30.1 Å². The standard InChI is InChI=1S/C28H30N6OS/c1-4-26(27-30-31-32-34(27)16-21-9-6-5-7-10-21)33(18-24-11-8-12-36-24)17-23-15-22-13-19(2)20(3)14-25(22)29-28(23)35/h5-15,26H,4,16-18H2,1-3H3,(H,29,35)/t26-/m0/s1. The molecule has 1 atom stereocenters. The van der Waals surface area contributed by atoms with Gasteiger partial charge in [0.2, 0.25) is 0 Å². The summed E-state index contributed by atoms with van der Waals surface area (Å²) in [5.41, 5.74) is 5.07. The van der Waals surface area contributed by atoms with Crippen LogP contribution in [0.1, 0.15) is 52.3 Å². The highest BCUT2D eigenvalue weighted by Gasteiger charge is 2.26. The summed E-state index contributed by atoms with van der Waals surface area (Å²) in [6.45, 7) is 8.11. The molecule has 0 aliphatic heterocycles. The fraction of sp³-hybridized carbons (Fsp3) is 0.286. The van der Waals surface area contributed by atoms with Gasteiger partial charge in [0.25, 0.3) is 5.56 Å². The van der Waals surface area contributed by atoms with E-state index in [1.165, 1.54) is 16.0 Å². The lowest BCUT2D eigenvalue weighted by Crippen LogP contribution is -2.32. The van der Waals surface area contributed by atoms with E-state index >= 15 is 0 Å². The van der Waals surface area contributed by atoms with Crippen molar-refractivity contribution >= 4 is 22.2 Å². The van der Waals surface area contributed by atoms with E-state index in [-0.39, 0.29) is 11.6 Å². The van der Waals surface area contributed by atoms with E-state index in [1.54, 1.807) is 11.3 Å². The van der Waals surface area contributed by atoms with Crippen LogP contribution in [-0.4, -0.2) is 30.1 Å². The van der Waals surface area contributed by atoms with Gasteiger partial charge in [0.05, 0.1) is 12.6 Å². The molecular weight excluding hydrogens is 468 g/mol. The van der Waals surface area contributed by atoms with Gasteiger partial charge in [-0.15, -0.1) is 16.4 Å². The number of aromatic amines is 1. The van der Waals surface area contributed by atoms with E-state index in [4.69, 9.17) is 0 Å². The minimum atomic E-state index is -0.0549. The van der Waals surface area contributed by atoms with E-state index in [0.29, 0.717) is 19.6 Å². The number of thiophene rings is 1. The first-order valence-corrected chi connectivity index (χ1v) is 13.1. The Morgan fingerprint density at radius 3 is 2.58 bits per heavy atom. The maximum Gasteiger partial charge on any atom is 0.252 e. The lowest BCUT2D eigenvalue weighted by atomic mass is 10.0. The smallest absolute Gasteiger partial charge is 0.252 e. The Morgan fingerprint density at radius 2 is 1.83 bits per heavy atom. The second-order valence-electron chi connectivity index (χ2n) is 9.24. The highest BCUT2D eigenvalue weighted by atomic mass is 32.1. The minimum Gasteiger partial charge on any atom is -0.322 e. The highest BCUT2D eigenvalue weighted by Crippen LogP contribution is 2.28. The summed E-state index contributed by atoms with van der Waals surface area (Å²) in [6.07, 6.45) is 0.810. The number of hydrogen-bond acceptors (Lipinski definition) is 6. The molecule has 0 radical (unpaired) electrons. The third kappa shape index (κ3) is 5.15. The van der Waals surface area contributed by atoms with Crippen molar-refractivity contribution in [3.05, 3.63) is 109 Å². The number of fused-ring (bicyclic) bond motifs is 1. The Morgan fingerprint density at radius 1 is 1.03 bits per heavy atom. The molecule has 5 aromatic rings. The molecule has 0 fully saturated rings. The molecule has 0 saturated heterocycles. The van der Waals surface area contributed by atoms with Crippen LogP contribution in [0, 0.1) is 13.8 Å². The predicted molar refractivity (Wildman–Crippen MR) is 144 cm³/mol. The van der Waals surface area contributed by atoms with Gasteiger partial charge in [-0.1, -0.05) is 43.3 Å². The van der Waals surface area contributed by atoms with Crippen molar-refractivity contribution in [1.29, 1.82) is 0 Å². The first-order chi connectivity index (χ1) is 17.5. The van der Waals surface area contributed by atoms with Crippen LogP contribution >= 0.6 is 11.3 Å². The number of hydrogen-bond donors (Lipinski definition) is 1. The molecule has 3 aromatic heterocycles. The van der Waals surface area contributed by atoms with E-state index in [1.807, 2.05) is 35.0 Å². The Kier molecular flexibility index (Phi) is 7.06. The number of pyridine rings is 1. The van der Waals surface area contributed by atoms with E-state index in [2.05, 4.69) is 81.9 Å². The average molecular weight is 499 g/mol. The topological polar surface area (TPSA) is 79.7 Å². The molecular formula is C28H30N6OS. The summed E-state index contributed by atoms with van der Waals surface area (Å²) in [5.74, 6) is 0.807. The second kappa shape index (κ2) is 10.6. The zero-order valence-electron chi connectivity index (χ0n) is 20.8. The fourth-order valence-electron chi connectivity index (χ4n) is 4.66. The molecule has 5 rings (SSSR count). The van der Waals surface area contributed by atoms with Gasteiger partial charge in [0, 0.05) is 29.0 Å². The number of aryl methyl sites for hydroxylation is 2. The third-order valence-electron chi connectivity index (χ3n) is 6.71. The molecule has 0 aliphatic carbocycles. The molecule has 184 valence electrons. The van der Waals surface area contributed by atoms with Crippen molar-refractivity contribution in [3.8, 4) is 0 Å². The summed E-state index contributed by atoms with van der Waals surface area (Å²) >= 11 is 1.72. The molecule has 2 aromatic carbocycles. The van der Waals surface area contributed by atoms with Gasteiger partial charge in [-0.25, -0.2) is 4.68 Å². The van der Waals surface area contributed by atoms with Gasteiger partial charge < -0.3 is 4.98 Å². The van der Waals surface area contributed by atoms with Crippen LogP contribution in [0.15, 0.2) is 70.8 Å². The van der Waals surface area contributed by atoms with Crippen LogP contribution in [0.3, 0.4) is 0 Å². The van der Waals surface area contributed by atoms with Crippen molar-refractivity contribution in [2.75, 3.05) is 0 Å². The van der Waals surface area contributed by atoms with Crippen LogP contribution < -0.4 is 5.56 Å². The Bertz CT molecular complexity index is 1510. The van der Waals surface area contributed by atoms with E-state index in [0.717, 1.165) is 34.3 Å². The number of aromatic nitrogens is 5. The summed E-state index contributed by atoms with van der Waals surface area (Å²) in [4.78, 5) is 19.8. The molecule has 0 saturated carbocycles. The molecule has 0 bridgehead atoms. The zero-order valence-corrected chi connectivity index (χ0v) is 21.6. The summed E-state index contributed by atoms with van der Waals surface area (Å²) in [7, 11) is 0. The zero-order chi connectivity index (χ0) is 25.1. The summed E-state index contributed by atoms with van der Waals surface area (Å²) < 4.78 is 1.88. The monoisotopic (exact) mass is 498 g/mol. The summed E-state index contributed by atoms with van der Waals surface area (Å²) in [5, 5.41) is 15.9. The van der Waals surface area contributed by atoms with Crippen LogP contribution in [0.25, 0.3) is 10.9 Å². The second-order valence-corrected chi connectivity index (χ2v) is 10.3. The lowest BCUT2D eigenvalue weighted by Gasteiger charge is -2.30. The van der Waals surface area contributed by atoms with Crippen LogP contribution in [0.4, 0.5) is 0 Å². The molecule has 3 heterocycles. The van der Waals surface area contributed by atoms with E-state index in [9.17, 15) is 4.79 Å². The Hall–Kier alpha value is -3.62. The van der Waals surface area contributed by atoms with Crippen molar-refractivity contribution < 1.29 is 0 Å². The van der Waals surface area contributed by atoms with Gasteiger partial charge in [0.1, 0.15) is 0 Å². The first kappa shape index (κ1) is 24.1. The molecule has 8 heteroatoms. The van der Waals surface area contributed by atoms with Gasteiger partial charge in [0.15, 0.2) is 5.82 Å². The first-order valence-electron chi connectivity index (χ1n) is 12.2. The molecule has 7 nitrogen and oxygen atoms in total. The largest absolute Gasteiger partial charge is 0.322 e. The van der Waals surface area contributed by atoms with Crippen LogP contribution in [0.2, 0.25) is 0 Å². The number of nitrogens with zero attached hydrogens (tertiary/aromatic N) is 5. The number of rotatable bonds is 9. The molecule has 0 aliphatic rings. The molecule has 0 unspecified atom stereocenters. The number of nitrogens with one attached hydrogen (secondary N) is 1. The Balaban J connectivity index is 1.51. The van der Waals surface area contributed by atoms with Gasteiger partial charge in [-0.05, 0) is 82.4 Å².